The van der Waals surface area contributed by atoms with E-state index in [1.165, 1.54) is 63.1 Å². The molecular formula is C41H40F2N10O9P2S2. The predicted molar refractivity (Wildman–Crippen MR) is 243 cm³/mol. The summed E-state index contributed by atoms with van der Waals surface area (Å²) in [5.41, 5.74) is 1.35. The van der Waals surface area contributed by atoms with E-state index >= 15 is 8.78 Å². The molecule has 3 aliphatic rings. The zero-order valence-electron chi connectivity index (χ0n) is 34.8. The highest BCUT2D eigenvalue weighted by molar-refractivity contribution is 8.09. The van der Waals surface area contributed by atoms with E-state index < -0.39 is 75.6 Å². The van der Waals surface area contributed by atoms with Gasteiger partial charge in [-0.2, -0.15) is 0 Å². The third kappa shape index (κ3) is 8.89. The quantitative estimate of drug-likeness (QED) is 0.128. The number of benzene rings is 2. The molecule has 6 aromatic rings. The van der Waals surface area contributed by atoms with Crippen LogP contribution < -0.4 is 9.80 Å². The number of rotatable bonds is 10. The van der Waals surface area contributed by atoms with Crippen LogP contribution >= 0.6 is 13.2 Å². The fraction of sp³-hybridized carbons (Fsp3) is 0.317. The van der Waals surface area contributed by atoms with E-state index in [1.54, 1.807) is 60.7 Å². The summed E-state index contributed by atoms with van der Waals surface area (Å²) in [5.74, 6) is -0.474. The van der Waals surface area contributed by atoms with Gasteiger partial charge in [0.1, 0.15) is 37.1 Å². The summed E-state index contributed by atoms with van der Waals surface area (Å²) in [7, 11) is 0. The average molecular weight is 981 g/mol. The largest absolute Gasteiger partial charge is 0.346 e. The minimum atomic E-state index is -4.35. The molecule has 10 atom stereocenters. The van der Waals surface area contributed by atoms with Crippen LogP contribution in [0.25, 0.3) is 22.3 Å². The van der Waals surface area contributed by atoms with Crippen LogP contribution in [0.4, 0.5) is 20.4 Å². The highest BCUT2D eigenvalue weighted by Gasteiger charge is 2.53. The van der Waals surface area contributed by atoms with E-state index in [0.29, 0.717) is 11.1 Å². The number of fused-ring (bicyclic) bond motifs is 4. The molecule has 25 heteroatoms. The fourth-order valence-corrected chi connectivity index (χ4v) is 11.0. The van der Waals surface area contributed by atoms with Gasteiger partial charge in [-0.1, -0.05) is 48.6 Å². The number of anilines is 2. The SMILES string of the molecule is C=CCN(C(=O)c1ccccc1)c1ncnc2c1ncn2[C@@H]1O[C@@H]2COP(O)(=S)O[C@H]3[C@@H](F)[C@H](n4cnc5c(N(CC=C)C(=O)c6ccccc6)ncnc54)O[C@@H]3COP(C)(=S)O[C@H]2[C@H]1F. The molecule has 4 aromatic heterocycles. The van der Waals surface area contributed by atoms with Crippen molar-refractivity contribution in [1.82, 2.24) is 39.0 Å². The fourth-order valence-electron chi connectivity index (χ4n) is 7.88. The Kier molecular flexibility index (Phi) is 13.1. The number of hydrogen-bond donors (Lipinski definition) is 1. The molecule has 0 bridgehead atoms. The van der Waals surface area contributed by atoms with Crippen LogP contribution in [0.3, 0.4) is 0 Å². The minimum Gasteiger partial charge on any atom is -0.346 e. The zero-order chi connectivity index (χ0) is 46.3. The summed E-state index contributed by atoms with van der Waals surface area (Å²) >= 11 is 11.1. The number of carbonyl (C=O) groups excluding carboxylic acids is 2. The van der Waals surface area contributed by atoms with Crippen molar-refractivity contribution in [3.63, 3.8) is 0 Å². The number of aromatic nitrogens is 8. The Morgan fingerprint density at radius 1 is 0.727 bits per heavy atom. The van der Waals surface area contributed by atoms with Crippen molar-refractivity contribution >= 4 is 82.6 Å². The first-order valence-corrected chi connectivity index (χ1v) is 25.9. The van der Waals surface area contributed by atoms with Crippen molar-refractivity contribution in [2.45, 2.75) is 49.2 Å². The van der Waals surface area contributed by atoms with Crippen molar-refractivity contribution in [2.24, 2.45) is 0 Å². The molecule has 3 fully saturated rings. The van der Waals surface area contributed by atoms with E-state index in [0.717, 1.165) is 0 Å². The summed E-state index contributed by atoms with van der Waals surface area (Å²) in [6.45, 7) is 0.382. The molecule has 2 unspecified atom stereocenters. The van der Waals surface area contributed by atoms with Gasteiger partial charge in [0.25, 0.3) is 11.8 Å². The lowest BCUT2D eigenvalue weighted by Gasteiger charge is -2.30. The number of halogens is 2. The summed E-state index contributed by atoms with van der Waals surface area (Å²) in [6.07, 6.45) is -4.43. The Morgan fingerprint density at radius 2 is 1.17 bits per heavy atom. The van der Waals surface area contributed by atoms with E-state index in [1.807, 2.05) is 0 Å². The first kappa shape index (κ1) is 46.0. The molecule has 344 valence electrons. The second-order valence-electron chi connectivity index (χ2n) is 15.2. The van der Waals surface area contributed by atoms with Crippen molar-refractivity contribution in [3.05, 3.63) is 122 Å². The highest BCUT2D eigenvalue weighted by atomic mass is 32.5. The van der Waals surface area contributed by atoms with Crippen LogP contribution in [-0.2, 0) is 51.2 Å². The van der Waals surface area contributed by atoms with Crippen LogP contribution in [-0.4, -0.2) is 125 Å². The molecule has 3 aliphatic heterocycles. The van der Waals surface area contributed by atoms with Gasteiger partial charge in [-0.3, -0.25) is 33.0 Å². The standard InChI is InChI=1S/C41H40F2N10O9P2S2/c1-4-16-50(38(54)24-12-8-6-9-13-24)34-30-36(46-20-44-34)52(22-48-30)40-28(42)32-27(60-40)19-58-64(56,66)62-33-26(18-57-63(3,65)61-32)59-41(29(33)43)53-23-49-31-35(45-21-47-37(31)53)51(17-5-2)39(55)25-14-10-7-11-15-25/h4-15,20-23,26-29,32-33,40-41H,1-2,16-19H2,3H3,(H,56,66)/t26-,27-,28-,29-,32-,33-,40-,41-,63?,64?/m1/s1. The van der Waals surface area contributed by atoms with Gasteiger partial charge < -0.3 is 27.9 Å². The lowest BCUT2D eigenvalue weighted by molar-refractivity contribution is -0.0549. The number of ether oxygens (including phenoxy) is 2. The Morgan fingerprint density at radius 3 is 1.62 bits per heavy atom. The van der Waals surface area contributed by atoms with Crippen molar-refractivity contribution in [3.8, 4) is 0 Å². The molecular weight excluding hydrogens is 941 g/mol. The van der Waals surface area contributed by atoms with Gasteiger partial charge in [-0.15, -0.1) is 13.2 Å². The van der Waals surface area contributed by atoms with Gasteiger partial charge in [0.05, 0.1) is 25.9 Å². The predicted octanol–water partition coefficient (Wildman–Crippen LogP) is 5.78. The van der Waals surface area contributed by atoms with E-state index in [9.17, 15) is 14.5 Å². The molecule has 7 heterocycles. The molecule has 19 nitrogen and oxygen atoms in total. The molecule has 0 saturated carbocycles. The average Bonchev–Trinajstić information content (AvgIpc) is 4.09. The zero-order valence-corrected chi connectivity index (χ0v) is 38.2. The van der Waals surface area contributed by atoms with Gasteiger partial charge in [0, 0.05) is 30.9 Å². The van der Waals surface area contributed by atoms with Crippen LogP contribution in [0.15, 0.2) is 111 Å². The molecule has 9 rings (SSSR count). The Bertz CT molecular complexity index is 2710. The maximum Gasteiger partial charge on any atom is 0.325 e. The van der Waals surface area contributed by atoms with Gasteiger partial charge >= 0.3 is 6.72 Å². The smallest absolute Gasteiger partial charge is 0.325 e. The molecule has 66 heavy (non-hydrogen) atoms. The van der Waals surface area contributed by atoms with Crippen LogP contribution in [0.2, 0.25) is 0 Å². The summed E-state index contributed by atoms with van der Waals surface area (Å²) in [6, 6.07) is 17.1. The van der Waals surface area contributed by atoms with Crippen molar-refractivity contribution < 1.29 is 50.8 Å². The third-order valence-corrected chi connectivity index (χ3v) is 14.2. The topological polar surface area (TPSA) is 203 Å². The summed E-state index contributed by atoms with van der Waals surface area (Å²) in [4.78, 5) is 67.6. The Hall–Kier alpha value is -5.16. The van der Waals surface area contributed by atoms with Gasteiger partial charge in [-0.05, 0) is 47.9 Å². The molecule has 2 amide bonds. The van der Waals surface area contributed by atoms with Crippen LogP contribution in [0.5, 0.6) is 0 Å². The number of hydrogen-bond acceptors (Lipinski definition) is 16. The first-order valence-electron chi connectivity index (χ1n) is 20.2. The molecule has 1 N–H and O–H groups in total. The maximum atomic E-state index is 16.9. The van der Waals surface area contributed by atoms with Gasteiger partial charge in [0.15, 0.2) is 65.3 Å². The third-order valence-electron chi connectivity index (χ3n) is 10.9. The van der Waals surface area contributed by atoms with Crippen LogP contribution in [0, 0.1) is 0 Å². The lowest BCUT2D eigenvalue weighted by atomic mass is 10.1. The first-order chi connectivity index (χ1) is 31.8. The normalized spacial score (nSPS) is 29.0. The highest BCUT2D eigenvalue weighted by Crippen LogP contribution is 2.55. The lowest BCUT2D eigenvalue weighted by Crippen LogP contribution is -2.37. The van der Waals surface area contributed by atoms with Gasteiger partial charge in [0.2, 0.25) is 0 Å². The Labute approximate surface area is 385 Å². The molecule has 2 aromatic carbocycles. The van der Waals surface area contributed by atoms with Crippen LogP contribution in [0.1, 0.15) is 33.2 Å². The molecule has 3 saturated heterocycles. The number of carbonyl (C=O) groups is 2. The number of amides is 2. The molecule has 0 aliphatic carbocycles. The van der Waals surface area contributed by atoms with E-state index in [-0.39, 0.29) is 58.9 Å². The molecule has 0 radical (unpaired) electrons. The second kappa shape index (κ2) is 18.8. The van der Waals surface area contributed by atoms with Crippen molar-refractivity contribution in [2.75, 3.05) is 42.8 Å². The summed E-state index contributed by atoms with van der Waals surface area (Å²) in [5, 5.41) is 0. The number of imidazole rings is 2. The molecule has 0 spiro atoms. The van der Waals surface area contributed by atoms with Gasteiger partial charge in [-0.25, -0.2) is 38.7 Å². The number of nitrogens with zero attached hydrogens (tertiary/aromatic N) is 10. The monoisotopic (exact) mass is 980 g/mol. The van der Waals surface area contributed by atoms with E-state index in [2.05, 4.69) is 43.1 Å². The Balaban J connectivity index is 0.962. The maximum absolute atomic E-state index is 16.9. The second-order valence-corrected chi connectivity index (χ2v) is 22.0. The number of alkyl halides is 2. The minimum absolute atomic E-state index is 0.0701. The van der Waals surface area contributed by atoms with Crippen molar-refractivity contribution in [1.29, 1.82) is 0 Å². The van der Waals surface area contributed by atoms with E-state index in [4.69, 9.17) is 51.2 Å². The summed E-state index contributed by atoms with van der Waals surface area (Å²) < 4.78 is 72.5.